The second kappa shape index (κ2) is 6.92. The monoisotopic (exact) mass is 352 g/mol. The number of nitrogens with zero attached hydrogens (tertiary/aromatic N) is 6. The van der Waals surface area contributed by atoms with Crippen LogP contribution in [0.15, 0.2) is 34.7 Å². The van der Waals surface area contributed by atoms with E-state index in [4.69, 9.17) is 4.98 Å². The van der Waals surface area contributed by atoms with Crippen LogP contribution in [0.1, 0.15) is 36.8 Å². The van der Waals surface area contributed by atoms with Gasteiger partial charge in [0.15, 0.2) is 11.0 Å². The van der Waals surface area contributed by atoms with Crippen molar-refractivity contribution in [3.05, 3.63) is 41.6 Å². The maximum Gasteiger partial charge on any atom is 0.197 e. The average Bonchev–Trinajstić information content (AvgIpc) is 3.05. The summed E-state index contributed by atoms with van der Waals surface area (Å²) in [5.74, 6) is 1.68. The summed E-state index contributed by atoms with van der Waals surface area (Å²) in [5.41, 5.74) is 3.47. The van der Waals surface area contributed by atoms with Crippen LogP contribution < -0.4 is 0 Å². The lowest BCUT2D eigenvalue weighted by atomic mass is 9.97. The van der Waals surface area contributed by atoms with Crippen LogP contribution in [0.2, 0.25) is 0 Å². The molecule has 3 aromatic rings. The smallest absolute Gasteiger partial charge is 0.197 e. The molecule has 1 aliphatic rings. The summed E-state index contributed by atoms with van der Waals surface area (Å²) in [7, 11) is 0. The van der Waals surface area contributed by atoms with E-state index in [1.807, 2.05) is 25.3 Å². The van der Waals surface area contributed by atoms with E-state index in [1.54, 1.807) is 18.0 Å². The highest BCUT2D eigenvalue weighted by atomic mass is 32.2. The molecule has 0 amide bonds. The fourth-order valence-electron chi connectivity index (χ4n) is 3.21. The van der Waals surface area contributed by atoms with E-state index < -0.39 is 0 Å². The van der Waals surface area contributed by atoms with E-state index in [0.29, 0.717) is 0 Å². The van der Waals surface area contributed by atoms with Crippen LogP contribution in [0.4, 0.5) is 0 Å². The van der Waals surface area contributed by atoms with Crippen molar-refractivity contribution in [1.82, 2.24) is 29.7 Å². The van der Waals surface area contributed by atoms with Gasteiger partial charge >= 0.3 is 0 Å². The standard InChI is InChI=1S/C18H20N6S/c1-3-24-16(13-7-6-10-19-11-13)22-23-18(24)25-17-14-8-4-5-9-15(14)20-12(2)21-17/h6-7,10-11H,3-5,8-9H2,1-2H3. The van der Waals surface area contributed by atoms with Crippen LogP contribution >= 0.6 is 11.8 Å². The zero-order valence-electron chi connectivity index (χ0n) is 14.4. The second-order valence-electron chi connectivity index (χ2n) is 6.10. The van der Waals surface area contributed by atoms with E-state index in [-0.39, 0.29) is 0 Å². The van der Waals surface area contributed by atoms with E-state index in [9.17, 15) is 0 Å². The highest BCUT2D eigenvalue weighted by Crippen LogP contribution is 2.34. The van der Waals surface area contributed by atoms with Gasteiger partial charge in [0.05, 0.1) is 0 Å². The highest BCUT2D eigenvalue weighted by molar-refractivity contribution is 7.99. The van der Waals surface area contributed by atoms with E-state index in [0.717, 1.165) is 46.8 Å². The van der Waals surface area contributed by atoms with E-state index in [2.05, 4.69) is 31.7 Å². The minimum atomic E-state index is 0.797. The first-order chi connectivity index (χ1) is 12.3. The Labute approximate surface area is 151 Å². The summed E-state index contributed by atoms with van der Waals surface area (Å²) in [5, 5.41) is 10.7. The van der Waals surface area contributed by atoms with Crippen molar-refractivity contribution in [1.29, 1.82) is 0 Å². The minimum Gasteiger partial charge on any atom is -0.302 e. The van der Waals surface area contributed by atoms with Crippen molar-refractivity contribution in [2.45, 2.75) is 56.3 Å². The zero-order valence-corrected chi connectivity index (χ0v) is 15.3. The number of rotatable bonds is 4. The van der Waals surface area contributed by atoms with Gasteiger partial charge in [-0.15, -0.1) is 10.2 Å². The molecule has 25 heavy (non-hydrogen) atoms. The predicted molar refractivity (Wildman–Crippen MR) is 96.5 cm³/mol. The molecular formula is C18H20N6S. The summed E-state index contributed by atoms with van der Waals surface area (Å²) in [4.78, 5) is 13.5. The Hall–Kier alpha value is -2.28. The third-order valence-corrected chi connectivity index (χ3v) is 5.41. The molecule has 0 saturated carbocycles. The molecule has 0 saturated heterocycles. The molecule has 1 aliphatic carbocycles. The molecule has 0 N–H and O–H groups in total. The number of fused-ring (bicyclic) bond motifs is 1. The SMILES string of the molecule is CCn1c(Sc2nc(C)nc3c2CCCC3)nnc1-c1cccnc1. The molecule has 6 nitrogen and oxygen atoms in total. The van der Waals surface area contributed by atoms with Crippen LogP contribution in [0, 0.1) is 6.92 Å². The average molecular weight is 352 g/mol. The number of hydrogen-bond donors (Lipinski definition) is 0. The van der Waals surface area contributed by atoms with Gasteiger partial charge in [-0.05, 0) is 63.4 Å². The van der Waals surface area contributed by atoms with Crippen molar-refractivity contribution in [3.63, 3.8) is 0 Å². The first-order valence-electron chi connectivity index (χ1n) is 8.64. The highest BCUT2D eigenvalue weighted by Gasteiger charge is 2.21. The van der Waals surface area contributed by atoms with Crippen LogP contribution in [-0.4, -0.2) is 29.7 Å². The van der Waals surface area contributed by atoms with E-state index in [1.165, 1.54) is 24.1 Å². The Morgan fingerprint density at radius 3 is 2.84 bits per heavy atom. The number of hydrogen-bond acceptors (Lipinski definition) is 6. The van der Waals surface area contributed by atoms with Crippen molar-refractivity contribution in [3.8, 4) is 11.4 Å². The van der Waals surface area contributed by atoms with Gasteiger partial charge < -0.3 is 4.57 Å². The molecule has 0 atom stereocenters. The summed E-state index contributed by atoms with van der Waals surface area (Å²) in [6.07, 6.45) is 8.10. The van der Waals surface area contributed by atoms with Crippen molar-refractivity contribution >= 4 is 11.8 Å². The van der Waals surface area contributed by atoms with Gasteiger partial charge in [-0.3, -0.25) is 4.98 Å². The van der Waals surface area contributed by atoms with Crippen LogP contribution in [0.3, 0.4) is 0 Å². The first kappa shape index (κ1) is 16.2. The molecule has 0 aromatic carbocycles. The van der Waals surface area contributed by atoms with Gasteiger partial charge in [0.2, 0.25) is 0 Å². The molecular weight excluding hydrogens is 332 g/mol. The molecule has 128 valence electrons. The van der Waals surface area contributed by atoms with Crippen molar-refractivity contribution in [2.24, 2.45) is 0 Å². The van der Waals surface area contributed by atoms with Crippen LogP contribution in [0.25, 0.3) is 11.4 Å². The fourth-order valence-corrected chi connectivity index (χ4v) is 4.31. The summed E-state index contributed by atoms with van der Waals surface area (Å²) in [6.45, 7) is 4.87. The third kappa shape index (κ3) is 3.16. The lowest BCUT2D eigenvalue weighted by molar-refractivity contribution is 0.638. The van der Waals surface area contributed by atoms with Crippen LogP contribution in [-0.2, 0) is 19.4 Å². The van der Waals surface area contributed by atoms with Gasteiger partial charge in [0.1, 0.15) is 10.9 Å². The fraction of sp³-hybridized carbons (Fsp3) is 0.389. The molecule has 3 aromatic heterocycles. The maximum absolute atomic E-state index is 4.70. The maximum atomic E-state index is 4.70. The number of aromatic nitrogens is 6. The summed E-state index contributed by atoms with van der Waals surface area (Å²) < 4.78 is 2.12. The Morgan fingerprint density at radius 1 is 1.16 bits per heavy atom. The van der Waals surface area contributed by atoms with Crippen LogP contribution in [0.5, 0.6) is 0 Å². The molecule has 0 bridgehead atoms. The Morgan fingerprint density at radius 2 is 2.04 bits per heavy atom. The second-order valence-corrected chi connectivity index (χ2v) is 7.06. The number of aryl methyl sites for hydroxylation is 2. The van der Waals surface area contributed by atoms with E-state index >= 15 is 0 Å². The molecule has 0 fully saturated rings. The molecule has 7 heteroatoms. The largest absolute Gasteiger partial charge is 0.302 e. The molecule has 0 aliphatic heterocycles. The molecule has 0 unspecified atom stereocenters. The third-order valence-electron chi connectivity index (χ3n) is 4.40. The lowest BCUT2D eigenvalue weighted by Gasteiger charge is -2.18. The quantitative estimate of drug-likeness (QED) is 0.670. The Bertz CT molecular complexity index is 890. The molecule has 0 spiro atoms. The van der Waals surface area contributed by atoms with Gasteiger partial charge in [0, 0.05) is 35.8 Å². The Balaban J connectivity index is 1.73. The summed E-state index contributed by atoms with van der Waals surface area (Å²) in [6, 6.07) is 3.93. The summed E-state index contributed by atoms with van der Waals surface area (Å²) >= 11 is 1.60. The molecule has 3 heterocycles. The molecule has 4 rings (SSSR count). The van der Waals surface area contributed by atoms with Crippen molar-refractivity contribution in [2.75, 3.05) is 0 Å². The normalized spacial score (nSPS) is 13.7. The number of pyridine rings is 1. The lowest BCUT2D eigenvalue weighted by Crippen LogP contribution is -2.10. The van der Waals surface area contributed by atoms with Gasteiger partial charge in [-0.25, -0.2) is 9.97 Å². The van der Waals surface area contributed by atoms with Gasteiger partial charge in [0.25, 0.3) is 0 Å². The molecule has 0 radical (unpaired) electrons. The van der Waals surface area contributed by atoms with Gasteiger partial charge in [-0.1, -0.05) is 0 Å². The van der Waals surface area contributed by atoms with Crippen molar-refractivity contribution < 1.29 is 0 Å². The topological polar surface area (TPSA) is 69.4 Å². The zero-order chi connectivity index (χ0) is 17.2. The van der Waals surface area contributed by atoms with Gasteiger partial charge in [-0.2, -0.15) is 0 Å². The predicted octanol–water partition coefficient (Wildman–Crippen LogP) is 3.49. The Kier molecular flexibility index (Phi) is 4.48. The minimum absolute atomic E-state index is 0.797. The first-order valence-corrected chi connectivity index (χ1v) is 9.45.